The van der Waals surface area contributed by atoms with Gasteiger partial charge < -0.3 is 10.2 Å². The van der Waals surface area contributed by atoms with Crippen LogP contribution in [0.5, 0.6) is 0 Å². The quantitative estimate of drug-likeness (QED) is 0.928. The number of hydrogen-bond donors (Lipinski definition) is 1. The highest BCUT2D eigenvalue weighted by Gasteiger charge is 2.33. The summed E-state index contributed by atoms with van der Waals surface area (Å²) in [5, 5.41) is 7.95. The van der Waals surface area contributed by atoms with Gasteiger partial charge in [-0.05, 0) is 44.2 Å². The summed E-state index contributed by atoms with van der Waals surface area (Å²) in [5.74, 6) is 0.706. The topological polar surface area (TPSA) is 50.2 Å². The molecule has 2 fully saturated rings. The van der Waals surface area contributed by atoms with E-state index in [0.29, 0.717) is 23.7 Å². The van der Waals surface area contributed by atoms with E-state index >= 15 is 0 Å². The molecule has 2 saturated heterocycles. The van der Waals surface area contributed by atoms with E-state index in [-0.39, 0.29) is 18.3 Å². The van der Waals surface area contributed by atoms with Gasteiger partial charge in [0.1, 0.15) is 5.69 Å². The van der Waals surface area contributed by atoms with Gasteiger partial charge in [-0.25, -0.2) is 0 Å². The monoisotopic (exact) mass is 326 g/mol. The van der Waals surface area contributed by atoms with Crippen LogP contribution < -0.4 is 5.32 Å². The third-order valence-electron chi connectivity index (χ3n) is 4.83. The molecular weight excluding hydrogens is 300 g/mol. The van der Waals surface area contributed by atoms with E-state index in [2.05, 4.69) is 24.3 Å². The molecule has 1 aromatic heterocycles. The van der Waals surface area contributed by atoms with E-state index < -0.39 is 0 Å². The van der Waals surface area contributed by atoms with Crippen molar-refractivity contribution in [2.45, 2.75) is 51.6 Å². The predicted molar refractivity (Wildman–Crippen MR) is 89.5 cm³/mol. The molecule has 3 heterocycles. The fourth-order valence-electron chi connectivity index (χ4n) is 3.65. The van der Waals surface area contributed by atoms with Crippen molar-refractivity contribution in [3.05, 3.63) is 18.0 Å². The molecule has 0 saturated carbocycles. The normalized spacial score (nSPS) is 28.5. The molecule has 1 amide bonds. The maximum Gasteiger partial charge on any atom is 0.274 e. The standard InChI is InChI=1S/C16H26N4O.ClH/c1-3-13-9-12(2)11-19(13)16(21)15-6-8-20(18-15)14-5-4-7-17-10-14;/h6,8,12-14,17H,3-5,7,9-11H2,1-2H3;1H. The Labute approximate surface area is 138 Å². The Morgan fingerprint density at radius 3 is 3.00 bits per heavy atom. The van der Waals surface area contributed by atoms with E-state index in [9.17, 15) is 4.79 Å². The summed E-state index contributed by atoms with van der Waals surface area (Å²) in [6.45, 7) is 7.30. The molecule has 0 aromatic carbocycles. The van der Waals surface area contributed by atoms with Gasteiger partial charge in [-0.1, -0.05) is 13.8 Å². The number of piperidine rings is 1. The van der Waals surface area contributed by atoms with Crippen molar-refractivity contribution >= 4 is 18.3 Å². The summed E-state index contributed by atoms with van der Waals surface area (Å²) < 4.78 is 1.97. The molecule has 2 aliphatic heterocycles. The largest absolute Gasteiger partial charge is 0.334 e. The molecule has 0 spiro atoms. The fraction of sp³-hybridized carbons (Fsp3) is 0.750. The van der Waals surface area contributed by atoms with Gasteiger partial charge in [-0.15, -0.1) is 12.4 Å². The molecular formula is C16H27ClN4O. The average molecular weight is 327 g/mol. The van der Waals surface area contributed by atoms with Crippen LogP contribution in [-0.4, -0.2) is 46.3 Å². The summed E-state index contributed by atoms with van der Waals surface area (Å²) in [6, 6.07) is 2.65. The number of carbonyl (C=O) groups excluding carboxylic acids is 1. The van der Waals surface area contributed by atoms with Gasteiger partial charge in [-0.3, -0.25) is 9.48 Å². The molecule has 3 rings (SSSR count). The van der Waals surface area contributed by atoms with Crippen molar-refractivity contribution in [3.8, 4) is 0 Å². The van der Waals surface area contributed by atoms with E-state index in [4.69, 9.17) is 0 Å². The molecule has 0 radical (unpaired) electrons. The van der Waals surface area contributed by atoms with Crippen molar-refractivity contribution in [2.24, 2.45) is 5.92 Å². The Hall–Kier alpha value is -1.07. The number of nitrogens with one attached hydrogen (secondary N) is 1. The molecule has 3 atom stereocenters. The molecule has 1 aromatic rings. The van der Waals surface area contributed by atoms with Gasteiger partial charge in [0.25, 0.3) is 5.91 Å². The van der Waals surface area contributed by atoms with Crippen molar-refractivity contribution < 1.29 is 4.79 Å². The van der Waals surface area contributed by atoms with Crippen molar-refractivity contribution in [1.29, 1.82) is 0 Å². The highest BCUT2D eigenvalue weighted by atomic mass is 35.5. The molecule has 2 aliphatic rings. The second kappa shape index (κ2) is 7.47. The average Bonchev–Trinajstić information content (AvgIpc) is 3.14. The summed E-state index contributed by atoms with van der Waals surface area (Å²) in [7, 11) is 0. The first-order chi connectivity index (χ1) is 10.2. The van der Waals surface area contributed by atoms with Crippen LogP contribution in [0.15, 0.2) is 12.3 Å². The van der Waals surface area contributed by atoms with Crippen molar-refractivity contribution in [2.75, 3.05) is 19.6 Å². The van der Waals surface area contributed by atoms with Gasteiger partial charge in [0.05, 0.1) is 6.04 Å². The van der Waals surface area contributed by atoms with Crippen LogP contribution in [0.2, 0.25) is 0 Å². The number of carbonyl (C=O) groups is 1. The lowest BCUT2D eigenvalue weighted by molar-refractivity contribution is 0.0723. The van der Waals surface area contributed by atoms with E-state index in [1.54, 1.807) is 0 Å². The maximum atomic E-state index is 12.7. The Kier molecular flexibility index (Phi) is 5.87. The molecule has 6 heteroatoms. The second-order valence-electron chi connectivity index (χ2n) is 6.54. The molecule has 124 valence electrons. The molecule has 3 unspecified atom stereocenters. The number of likely N-dealkylation sites (tertiary alicyclic amines) is 1. The fourth-order valence-corrected chi connectivity index (χ4v) is 3.65. The SMILES string of the molecule is CCC1CC(C)CN1C(=O)c1ccn(C2CCCNC2)n1.Cl. The minimum Gasteiger partial charge on any atom is -0.334 e. The Morgan fingerprint density at radius 2 is 2.32 bits per heavy atom. The first-order valence-electron chi connectivity index (χ1n) is 8.26. The van der Waals surface area contributed by atoms with Gasteiger partial charge in [0.2, 0.25) is 0 Å². The van der Waals surface area contributed by atoms with Gasteiger partial charge in [0.15, 0.2) is 0 Å². The minimum atomic E-state index is 0. The van der Waals surface area contributed by atoms with E-state index in [0.717, 1.165) is 38.9 Å². The highest BCUT2D eigenvalue weighted by molar-refractivity contribution is 5.92. The minimum absolute atomic E-state index is 0. The lowest BCUT2D eigenvalue weighted by atomic mass is 10.1. The van der Waals surface area contributed by atoms with Crippen LogP contribution in [0.4, 0.5) is 0 Å². The maximum absolute atomic E-state index is 12.7. The summed E-state index contributed by atoms with van der Waals surface area (Å²) in [5.41, 5.74) is 0.605. The van der Waals surface area contributed by atoms with Crippen molar-refractivity contribution in [1.82, 2.24) is 20.0 Å². The van der Waals surface area contributed by atoms with Crippen LogP contribution >= 0.6 is 12.4 Å². The highest BCUT2D eigenvalue weighted by Crippen LogP contribution is 2.26. The zero-order valence-corrected chi connectivity index (χ0v) is 14.3. The van der Waals surface area contributed by atoms with Gasteiger partial charge >= 0.3 is 0 Å². The third-order valence-corrected chi connectivity index (χ3v) is 4.83. The number of halogens is 1. The van der Waals surface area contributed by atoms with E-state index in [1.165, 1.54) is 6.42 Å². The first kappa shape index (κ1) is 17.3. The lowest BCUT2D eigenvalue weighted by Gasteiger charge is -2.24. The van der Waals surface area contributed by atoms with Crippen LogP contribution in [0.3, 0.4) is 0 Å². The molecule has 5 nitrogen and oxygen atoms in total. The van der Waals surface area contributed by atoms with Gasteiger partial charge in [-0.2, -0.15) is 5.10 Å². The van der Waals surface area contributed by atoms with Crippen LogP contribution in [0.25, 0.3) is 0 Å². The number of rotatable bonds is 3. The van der Waals surface area contributed by atoms with Gasteiger partial charge in [0, 0.05) is 25.3 Å². The smallest absolute Gasteiger partial charge is 0.274 e. The first-order valence-corrected chi connectivity index (χ1v) is 8.26. The van der Waals surface area contributed by atoms with Crippen molar-refractivity contribution in [3.63, 3.8) is 0 Å². The Morgan fingerprint density at radius 1 is 1.50 bits per heavy atom. The number of hydrogen-bond acceptors (Lipinski definition) is 3. The molecule has 0 bridgehead atoms. The Balaban J connectivity index is 0.00000176. The zero-order valence-electron chi connectivity index (χ0n) is 13.5. The number of aromatic nitrogens is 2. The second-order valence-corrected chi connectivity index (χ2v) is 6.54. The van der Waals surface area contributed by atoms with Crippen LogP contribution in [-0.2, 0) is 0 Å². The molecule has 0 aliphatic carbocycles. The predicted octanol–water partition coefficient (Wildman–Crippen LogP) is 2.49. The molecule has 1 N–H and O–H groups in total. The Bertz CT molecular complexity index is 498. The number of nitrogens with zero attached hydrogens (tertiary/aromatic N) is 3. The summed E-state index contributed by atoms with van der Waals surface area (Å²) in [6.07, 6.45) is 6.43. The lowest BCUT2D eigenvalue weighted by Crippen LogP contribution is -2.36. The molecule has 22 heavy (non-hydrogen) atoms. The summed E-state index contributed by atoms with van der Waals surface area (Å²) in [4.78, 5) is 14.7. The van der Waals surface area contributed by atoms with Crippen LogP contribution in [0.1, 0.15) is 56.1 Å². The van der Waals surface area contributed by atoms with E-state index in [1.807, 2.05) is 21.8 Å². The third kappa shape index (κ3) is 3.46. The van der Waals surface area contributed by atoms with Crippen LogP contribution in [0, 0.1) is 5.92 Å². The number of amides is 1. The summed E-state index contributed by atoms with van der Waals surface area (Å²) >= 11 is 0. The zero-order chi connectivity index (χ0) is 14.8.